The average molecular weight is 262 g/mol. The molecule has 1 saturated heterocycles. The highest BCUT2D eigenvalue weighted by Crippen LogP contribution is 2.36. The Kier molecular flexibility index (Phi) is 3.58. The molecule has 0 spiro atoms. The van der Waals surface area contributed by atoms with E-state index in [9.17, 15) is 9.59 Å². The molecule has 3 fully saturated rings. The molecule has 0 bridgehead atoms. The van der Waals surface area contributed by atoms with Crippen molar-refractivity contribution in [2.75, 3.05) is 0 Å². The van der Waals surface area contributed by atoms with Crippen LogP contribution in [0.4, 0.5) is 0 Å². The number of carbonyl (C=O) groups excluding carboxylic acids is 2. The maximum Gasteiger partial charge on any atom is 0.244 e. The summed E-state index contributed by atoms with van der Waals surface area (Å²) in [6.07, 6.45) is 10.0. The zero-order valence-corrected chi connectivity index (χ0v) is 11.3. The van der Waals surface area contributed by atoms with Crippen molar-refractivity contribution in [2.24, 2.45) is 5.92 Å². The SMILES string of the molecule is O=C(C=C1CCCC1)N[C@@H]1CCC(=O)N[C@H]1C1CC1. The first kappa shape index (κ1) is 12.7. The van der Waals surface area contributed by atoms with Gasteiger partial charge < -0.3 is 10.6 Å². The van der Waals surface area contributed by atoms with Crippen molar-refractivity contribution in [1.82, 2.24) is 10.6 Å². The number of hydrogen-bond donors (Lipinski definition) is 2. The molecule has 0 aromatic rings. The Labute approximate surface area is 114 Å². The highest BCUT2D eigenvalue weighted by molar-refractivity contribution is 5.89. The van der Waals surface area contributed by atoms with Crippen LogP contribution in [0.2, 0.25) is 0 Å². The first-order valence-electron chi connectivity index (χ1n) is 7.52. The molecule has 2 amide bonds. The third-order valence-corrected chi connectivity index (χ3v) is 4.48. The molecule has 0 aromatic carbocycles. The minimum atomic E-state index is 0.0312. The highest BCUT2D eigenvalue weighted by atomic mass is 16.2. The van der Waals surface area contributed by atoms with Gasteiger partial charge in [0, 0.05) is 12.5 Å². The third kappa shape index (κ3) is 3.17. The second kappa shape index (κ2) is 5.35. The second-order valence-corrected chi connectivity index (χ2v) is 6.09. The summed E-state index contributed by atoms with van der Waals surface area (Å²) in [7, 11) is 0. The van der Waals surface area contributed by atoms with Crippen molar-refractivity contribution >= 4 is 11.8 Å². The van der Waals surface area contributed by atoms with Crippen molar-refractivity contribution in [2.45, 2.75) is 63.5 Å². The smallest absolute Gasteiger partial charge is 0.244 e. The molecule has 0 unspecified atom stereocenters. The first-order valence-corrected chi connectivity index (χ1v) is 7.52. The van der Waals surface area contributed by atoms with Crippen LogP contribution < -0.4 is 10.6 Å². The zero-order valence-electron chi connectivity index (χ0n) is 11.3. The van der Waals surface area contributed by atoms with Gasteiger partial charge in [0.15, 0.2) is 0 Å². The molecule has 4 nitrogen and oxygen atoms in total. The molecule has 2 aliphatic carbocycles. The Morgan fingerprint density at radius 1 is 1.16 bits per heavy atom. The summed E-state index contributed by atoms with van der Waals surface area (Å²) >= 11 is 0. The molecule has 1 aliphatic heterocycles. The summed E-state index contributed by atoms with van der Waals surface area (Å²) in [6, 6.07) is 0.281. The molecular weight excluding hydrogens is 240 g/mol. The maximum atomic E-state index is 12.0. The first-order chi connectivity index (χ1) is 9.22. The van der Waals surface area contributed by atoms with E-state index in [0.717, 1.165) is 19.3 Å². The Balaban J connectivity index is 1.59. The standard InChI is InChI=1S/C15H22N2O2/c18-13-8-7-12(15(17-13)11-5-6-11)16-14(19)9-10-3-1-2-4-10/h9,11-12,15H,1-8H2,(H,16,19)(H,17,18)/t12-,15+/m1/s1. The van der Waals surface area contributed by atoms with Crippen LogP contribution in [0.1, 0.15) is 51.4 Å². The summed E-state index contributed by atoms with van der Waals surface area (Å²) in [5, 5.41) is 6.16. The predicted molar refractivity (Wildman–Crippen MR) is 72.4 cm³/mol. The number of hydrogen-bond acceptors (Lipinski definition) is 2. The molecule has 3 aliphatic rings. The third-order valence-electron chi connectivity index (χ3n) is 4.48. The Morgan fingerprint density at radius 3 is 2.58 bits per heavy atom. The molecular formula is C15H22N2O2. The van der Waals surface area contributed by atoms with Crippen molar-refractivity contribution in [3.63, 3.8) is 0 Å². The fraction of sp³-hybridized carbons (Fsp3) is 0.733. The van der Waals surface area contributed by atoms with Gasteiger partial charge in [-0.2, -0.15) is 0 Å². The number of allylic oxidation sites excluding steroid dienone is 1. The van der Waals surface area contributed by atoms with E-state index in [0.29, 0.717) is 12.3 Å². The van der Waals surface area contributed by atoms with Crippen LogP contribution in [-0.2, 0) is 9.59 Å². The van der Waals surface area contributed by atoms with Crippen LogP contribution in [-0.4, -0.2) is 23.9 Å². The molecule has 19 heavy (non-hydrogen) atoms. The van der Waals surface area contributed by atoms with Crippen molar-refractivity contribution < 1.29 is 9.59 Å². The van der Waals surface area contributed by atoms with Gasteiger partial charge in [0.05, 0.1) is 12.1 Å². The number of rotatable bonds is 3. The molecule has 0 radical (unpaired) electrons. The minimum absolute atomic E-state index is 0.0312. The van der Waals surface area contributed by atoms with Gasteiger partial charge in [-0.05, 0) is 50.9 Å². The number of amides is 2. The molecule has 4 heteroatoms. The zero-order chi connectivity index (χ0) is 13.2. The van der Waals surface area contributed by atoms with Gasteiger partial charge in [0.2, 0.25) is 11.8 Å². The lowest BCUT2D eigenvalue weighted by Crippen LogP contribution is -2.56. The van der Waals surface area contributed by atoms with Crippen LogP contribution in [0.3, 0.4) is 0 Å². The molecule has 104 valence electrons. The molecule has 2 atom stereocenters. The van der Waals surface area contributed by atoms with Gasteiger partial charge in [-0.3, -0.25) is 9.59 Å². The van der Waals surface area contributed by atoms with Gasteiger partial charge >= 0.3 is 0 Å². The van der Waals surface area contributed by atoms with Crippen LogP contribution in [0.25, 0.3) is 0 Å². The molecule has 0 aromatic heterocycles. The van der Waals surface area contributed by atoms with Gasteiger partial charge in [-0.1, -0.05) is 5.57 Å². The van der Waals surface area contributed by atoms with Crippen LogP contribution in [0, 0.1) is 5.92 Å². The normalized spacial score (nSPS) is 30.9. The largest absolute Gasteiger partial charge is 0.351 e. The molecule has 3 rings (SSSR count). The average Bonchev–Trinajstić information content (AvgIpc) is 3.11. The fourth-order valence-corrected chi connectivity index (χ4v) is 3.27. The van der Waals surface area contributed by atoms with E-state index < -0.39 is 0 Å². The van der Waals surface area contributed by atoms with E-state index in [-0.39, 0.29) is 23.9 Å². The van der Waals surface area contributed by atoms with Crippen molar-refractivity contribution in [3.05, 3.63) is 11.6 Å². The summed E-state index contributed by atoms with van der Waals surface area (Å²) in [6.45, 7) is 0. The van der Waals surface area contributed by atoms with Crippen molar-refractivity contribution in [1.29, 1.82) is 0 Å². The fourth-order valence-electron chi connectivity index (χ4n) is 3.27. The van der Waals surface area contributed by atoms with Gasteiger partial charge in [0.25, 0.3) is 0 Å². The summed E-state index contributed by atoms with van der Waals surface area (Å²) < 4.78 is 0. The Morgan fingerprint density at radius 2 is 1.89 bits per heavy atom. The van der Waals surface area contributed by atoms with E-state index >= 15 is 0 Å². The highest BCUT2D eigenvalue weighted by Gasteiger charge is 2.40. The Hall–Kier alpha value is -1.32. The van der Waals surface area contributed by atoms with E-state index in [2.05, 4.69) is 10.6 Å². The monoisotopic (exact) mass is 262 g/mol. The molecule has 2 saturated carbocycles. The van der Waals surface area contributed by atoms with Gasteiger partial charge in [-0.15, -0.1) is 0 Å². The lowest BCUT2D eigenvalue weighted by atomic mass is 9.94. The Bertz CT molecular complexity index is 404. The summed E-state index contributed by atoms with van der Waals surface area (Å²) in [5.41, 5.74) is 1.28. The number of piperidine rings is 1. The van der Waals surface area contributed by atoms with E-state index in [1.54, 1.807) is 6.08 Å². The van der Waals surface area contributed by atoms with Crippen molar-refractivity contribution in [3.8, 4) is 0 Å². The molecule has 1 heterocycles. The second-order valence-electron chi connectivity index (χ2n) is 6.09. The lowest BCUT2D eigenvalue weighted by Gasteiger charge is -2.32. The summed E-state index contributed by atoms with van der Waals surface area (Å²) in [4.78, 5) is 23.5. The van der Waals surface area contributed by atoms with E-state index in [1.807, 2.05) is 0 Å². The van der Waals surface area contributed by atoms with E-state index in [1.165, 1.54) is 31.3 Å². The van der Waals surface area contributed by atoms with Gasteiger partial charge in [-0.25, -0.2) is 0 Å². The maximum absolute atomic E-state index is 12.0. The minimum Gasteiger partial charge on any atom is -0.351 e. The number of nitrogens with one attached hydrogen (secondary N) is 2. The van der Waals surface area contributed by atoms with Crippen LogP contribution in [0.15, 0.2) is 11.6 Å². The summed E-state index contributed by atoms with van der Waals surface area (Å²) in [5.74, 6) is 0.744. The van der Waals surface area contributed by atoms with Gasteiger partial charge in [0.1, 0.15) is 0 Å². The molecule has 2 N–H and O–H groups in total. The predicted octanol–water partition coefficient (Wildman–Crippen LogP) is 1.66. The lowest BCUT2D eigenvalue weighted by molar-refractivity contribution is -0.125. The van der Waals surface area contributed by atoms with Crippen LogP contribution >= 0.6 is 0 Å². The van der Waals surface area contributed by atoms with Crippen LogP contribution in [0.5, 0.6) is 0 Å². The number of carbonyl (C=O) groups is 2. The quantitative estimate of drug-likeness (QED) is 0.760. The topological polar surface area (TPSA) is 58.2 Å². The van der Waals surface area contributed by atoms with E-state index in [4.69, 9.17) is 0 Å².